The summed E-state index contributed by atoms with van der Waals surface area (Å²) in [6, 6.07) is 4.96. The fourth-order valence-corrected chi connectivity index (χ4v) is 2.17. The van der Waals surface area contributed by atoms with Gasteiger partial charge in [-0.25, -0.2) is 4.39 Å². The van der Waals surface area contributed by atoms with E-state index < -0.39 is 0 Å². The lowest BCUT2D eigenvalue weighted by Crippen LogP contribution is -2.40. The van der Waals surface area contributed by atoms with Gasteiger partial charge in [0.2, 0.25) is 0 Å². The maximum atomic E-state index is 13.9. The zero-order chi connectivity index (χ0) is 13.7. The number of hydrogen-bond acceptors (Lipinski definition) is 3. The third kappa shape index (κ3) is 4.03. The number of aliphatic hydroxyl groups excluding tert-OH is 1. The minimum Gasteiger partial charge on any atom is -0.384 e. The molecule has 1 saturated heterocycles. The van der Waals surface area contributed by atoms with Gasteiger partial charge >= 0.3 is 0 Å². The normalized spacial score (nSPS) is 19.8. The van der Waals surface area contributed by atoms with Gasteiger partial charge in [0.25, 0.3) is 0 Å². The highest BCUT2D eigenvalue weighted by atomic mass is 19.1. The van der Waals surface area contributed by atoms with Crippen molar-refractivity contribution in [1.29, 1.82) is 0 Å². The van der Waals surface area contributed by atoms with Crippen LogP contribution in [0.4, 0.5) is 4.39 Å². The Morgan fingerprint density at radius 2 is 2.37 bits per heavy atom. The van der Waals surface area contributed by atoms with Crippen LogP contribution in [-0.4, -0.2) is 42.4 Å². The highest BCUT2D eigenvalue weighted by molar-refractivity contribution is 5.37. The van der Waals surface area contributed by atoms with Crippen molar-refractivity contribution < 1.29 is 14.2 Å². The summed E-state index contributed by atoms with van der Waals surface area (Å²) in [5, 5.41) is 8.61. The summed E-state index contributed by atoms with van der Waals surface area (Å²) < 4.78 is 19.4. The van der Waals surface area contributed by atoms with Gasteiger partial charge in [0.1, 0.15) is 12.4 Å². The number of rotatable bonds is 2. The van der Waals surface area contributed by atoms with Crippen LogP contribution in [0.3, 0.4) is 0 Å². The molecular formula is C15H18FNO2. The van der Waals surface area contributed by atoms with Gasteiger partial charge in [-0.1, -0.05) is 17.9 Å². The van der Waals surface area contributed by atoms with Crippen molar-refractivity contribution in [3.8, 4) is 11.8 Å². The molecule has 102 valence electrons. The highest BCUT2D eigenvalue weighted by Gasteiger charge is 2.17. The van der Waals surface area contributed by atoms with E-state index in [1.54, 1.807) is 12.1 Å². The molecule has 1 aromatic rings. The summed E-state index contributed by atoms with van der Waals surface area (Å²) in [5.41, 5.74) is 1.26. The quantitative estimate of drug-likeness (QED) is 0.819. The van der Waals surface area contributed by atoms with Crippen LogP contribution < -0.4 is 0 Å². The Morgan fingerprint density at radius 1 is 1.53 bits per heavy atom. The first-order valence-corrected chi connectivity index (χ1v) is 6.41. The molecule has 1 heterocycles. The van der Waals surface area contributed by atoms with Crippen LogP contribution in [0.1, 0.15) is 18.1 Å². The van der Waals surface area contributed by atoms with Gasteiger partial charge in [0.15, 0.2) is 0 Å². The first-order chi connectivity index (χ1) is 9.19. The summed E-state index contributed by atoms with van der Waals surface area (Å²) in [5.74, 6) is 4.96. The van der Waals surface area contributed by atoms with E-state index in [1.807, 2.05) is 6.92 Å². The number of morpholine rings is 1. The van der Waals surface area contributed by atoms with Crippen molar-refractivity contribution in [1.82, 2.24) is 4.90 Å². The highest BCUT2D eigenvalue weighted by Crippen LogP contribution is 2.14. The number of ether oxygens (including phenoxy) is 1. The third-order valence-corrected chi connectivity index (χ3v) is 3.08. The predicted octanol–water partition coefficient (Wildman–Crippen LogP) is 1.39. The van der Waals surface area contributed by atoms with Crippen molar-refractivity contribution in [2.24, 2.45) is 0 Å². The topological polar surface area (TPSA) is 32.7 Å². The zero-order valence-corrected chi connectivity index (χ0v) is 11.0. The van der Waals surface area contributed by atoms with Crippen LogP contribution in [0.15, 0.2) is 18.2 Å². The molecule has 1 aliphatic rings. The van der Waals surface area contributed by atoms with E-state index in [-0.39, 0.29) is 18.5 Å². The molecule has 0 amide bonds. The van der Waals surface area contributed by atoms with Crippen molar-refractivity contribution in [3.05, 3.63) is 35.1 Å². The van der Waals surface area contributed by atoms with Crippen molar-refractivity contribution in [2.45, 2.75) is 19.6 Å². The van der Waals surface area contributed by atoms with Gasteiger partial charge in [-0.2, -0.15) is 0 Å². The Kier molecular flexibility index (Phi) is 4.92. The van der Waals surface area contributed by atoms with Crippen LogP contribution in [0.2, 0.25) is 0 Å². The van der Waals surface area contributed by atoms with E-state index in [0.29, 0.717) is 24.3 Å². The summed E-state index contributed by atoms with van der Waals surface area (Å²) in [6.07, 6.45) is 0.200. The lowest BCUT2D eigenvalue weighted by Gasteiger charge is -2.31. The van der Waals surface area contributed by atoms with E-state index in [1.165, 1.54) is 6.07 Å². The van der Waals surface area contributed by atoms with Crippen LogP contribution in [-0.2, 0) is 11.3 Å². The number of hydrogen-bond donors (Lipinski definition) is 1. The molecule has 1 fully saturated rings. The average molecular weight is 263 g/mol. The largest absolute Gasteiger partial charge is 0.384 e. The summed E-state index contributed by atoms with van der Waals surface area (Å²) in [7, 11) is 0. The Bertz CT molecular complexity index is 493. The van der Waals surface area contributed by atoms with E-state index >= 15 is 0 Å². The fourth-order valence-electron chi connectivity index (χ4n) is 2.17. The Morgan fingerprint density at radius 3 is 3.05 bits per heavy atom. The number of halogens is 1. The summed E-state index contributed by atoms with van der Waals surface area (Å²) in [6.45, 7) is 4.75. The molecule has 4 heteroatoms. The molecule has 0 bridgehead atoms. The molecule has 0 saturated carbocycles. The van der Waals surface area contributed by atoms with Crippen LogP contribution in [0.5, 0.6) is 0 Å². The Labute approximate surface area is 113 Å². The number of benzene rings is 1. The van der Waals surface area contributed by atoms with Gasteiger partial charge in [0.05, 0.1) is 12.7 Å². The zero-order valence-electron chi connectivity index (χ0n) is 11.0. The van der Waals surface area contributed by atoms with Crippen molar-refractivity contribution >= 4 is 0 Å². The summed E-state index contributed by atoms with van der Waals surface area (Å²) >= 11 is 0. The smallest absolute Gasteiger partial charge is 0.128 e. The van der Waals surface area contributed by atoms with Gasteiger partial charge in [-0.05, 0) is 19.1 Å². The van der Waals surface area contributed by atoms with Gasteiger partial charge < -0.3 is 9.84 Å². The Balaban J connectivity index is 2.04. The first-order valence-electron chi connectivity index (χ1n) is 6.41. The molecule has 0 aliphatic carbocycles. The van der Waals surface area contributed by atoms with Crippen molar-refractivity contribution in [2.75, 3.05) is 26.3 Å². The minimum absolute atomic E-state index is 0.200. The van der Waals surface area contributed by atoms with E-state index in [4.69, 9.17) is 9.84 Å². The molecule has 1 N–H and O–H groups in total. The van der Waals surface area contributed by atoms with Crippen LogP contribution in [0, 0.1) is 17.7 Å². The molecule has 1 atom stereocenters. The van der Waals surface area contributed by atoms with Gasteiger partial charge in [-0.15, -0.1) is 0 Å². The van der Waals surface area contributed by atoms with Crippen LogP contribution in [0.25, 0.3) is 0 Å². The second-order valence-corrected chi connectivity index (χ2v) is 4.68. The monoisotopic (exact) mass is 263 g/mol. The van der Waals surface area contributed by atoms with Gasteiger partial charge in [0, 0.05) is 30.8 Å². The standard InChI is InChI=1S/C15H18FNO2/c1-12-10-17(6-8-19-12)11-14-5-4-13(3-2-7-18)9-15(14)16/h4-5,9,12,18H,6-8,10-11H2,1H3. The van der Waals surface area contributed by atoms with Gasteiger partial charge in [-0.3, -0.25) is 4.90 Å². The molecule has 3 nitrogen and oxygen atoms in total. The molecule has 1 unspecified atom stereocenters. The minimum atomic E-state index is -0.246. The molecule has 0 radical (unpaired) electrons. The first kappa shape index (κ1) is 14.0. The van der Waals surface area contributed by atoms with Crippen LogP contribution >= 0.6 is 0 Å². The molecule has 2 rings (SSSR count). The molecule has 1 aromatic carbocycles. The molecule has 19 heavy (non-hydrogen) atoms. The van der Waals surface area contributed by atoms with E-state index in [0.717, 1.165) is 13.1 Å². The Hall–Kier alpha value is -1.41. The predicted molar refractivity (Wildman–Crippen MR) is 71.1 cm³/mol. The van der Waals surface area contributed by atoms with E-state index in [2.05, 4.69) is 16.7 Å². The average Bonchev–Trinajstić information content (AvgIpc) is 2.39. The lowest BCUT2D eigenvalue weighted by atomic mass is 10.1. The third-order valence-electron chi connectivity index (χ3n) is 3.08. The fraction of sp³-hybridized carbons (Fsp3) is 0.467. The van der Waals surface area contributed by atoms with Crippen molar-refractivity contribution in [3.63, 3.8) is 0 Å². The molecule has 1 aliphatic heterocycles. The molecule has 0 aromatic heterocycles. The molecule has 0 spiro atoms. The number of nitrogens with zero attached hydrogens (tertiary/aromatic N) is 1. The second kappa shape index (κ2) is 6.67. The number of aliphatic hydroxyl groups is 1. The maximum absolute atomic E-state index is 13.9. The maximum Gasteiger partial charge on any atom is 0.128 e. The van der Waals surface area contributed by atoms with E-state index in [9.17, 15) is 4.39 Å². The molecular weight excluding hydrogens is 245 g/mol. The second-order valence-electron chi connectivity index (χ2n) is 4.68. The lowest BCUT2D eigenvalue weighted by molar-refractivity contribution is -0.0215. The SMILES string of the molecule is CC1CN(Cc2ccc(C#CCO)cc2F)CCO1. The summed E-state index contributed by atoms with van der Waals surface area (Å²) in [4.78, 5) is 2.19.